The number of methoxy groups -OCH3 is 1. The van der Waals surface area contributed by atoms with Gasteiger partial charge in [-0.25, -0.2) is 4.98 Å². The van der Waals surface area contributed by atoms with E-state index in [0.717, 1.165) is 16.9 Å². The Hall–Kier alpha value is -3.86. The summed E-state index contributed by atoms with van der Waals surface area (Å²) in [6.07, 6.45) is 3.87. The highest BCUT2D eigenvalue weighted by atomic mass is 16.5. The molecule has 0 radical (unpaired) electrons. The van der Waals surface area contributed by atoms with E-state index in [4.69, 9.17) is 9.15 Å². The van der Waals surface area contributed by atoms with Crippen LogP contribution in [0.25, 0.3) is 17.2 Å². The molecule has 0 bridgehead atoms. The third kappa shape index (κ3) is 4.71. The van der Waals surface area contributed by atoms with Crippen LogP contribution < -0.4 is 10.1 Å². The lowest BCUT2D eigenvalue weighted by atomic mass is 10.1. The molecule has 0 aliphatic carbocycles. The summed E-state index contributed by atoms with van der Waals surface area (Å²) in [6.45, 7) is 0. The number of fused-ring (bicyclic) bond motifs is 1. The van der Waals surface area contributed by atoms with Gasteiger partial charge in [-0.1, -0.05) is 42.5 Å². The molecular weight excluding hydrogens is 364 g/mol. The molecule has 0 aliphatic rings. The van der Waals surface area contributed by atoms with E-state index in [1.165, 1.54) is 6.08 Å². The molecule has 4 rings (SSSR count). The normalized spacial score (nSPS) is 11.1. The number of benzene rings is 3. The van der Waals surface area contributed by atoms with Gasteiger partial charge in [0.15, 0.2) is 11.5 Å². The van der Waals surface area contributed by atoms with Crippen LogP contribution in [-0.4, -0.2) is 18.0 Å². The summed E-state index contributed by atoms with van der Waals surface area (Å²) in [7, 11) is 1.62. The second-order valence-electron chi connectivity index (χ2n) is 6.55. The Balaban J connectivity index is 1.43. The van der Waals surface area contributed by atoms with Gasteiger partial charge in [0.25, 0.3) is 0 Å². The number of oxazole rings is 1. The number of carbonyl (C=O) groups excluding carboxylic acids is 1. The number of nitrogens with one attached hydrogen (secondary N) is 1. The lowest BCUT2D eigenvalue weighted by molar-refractivity contribution is -0.111. The minimum absolute atomic E-state index is 0.215. The maximum Gasteiger partial charge on any atom is 0.248 e. The number of nitrogens with zero attached hydrogens (tertiary/aromatic N) is 1. The number of hydrogen-bond donors (Lipinski definition) is 1. The summed E-state index contributed by atoms with van der Waals surface area (Å²) in [5.74, 6) is 1.21. The van der Waals surface area contributed by atoms with Crippen LogP contribution in [0.2, 0.25) is 0 Å². The van der Waals surface area contributed by atoms with E-state index in [1.54, 1.807) is 19.3 Å². The number of aromatic nitrogens is 1. The van der Waals surface area contributed by atoms with E-state index in [1.807, 2.05) is 66.7 Å². The van der Waals surface area contributed by atoms with Crippen LogP contribution in [0.3, 0.4) is 0 Å². The Labute approximate surface area is 168 Å². The first-order valence-corrected chi connectivity index (χ1v) is 9.26. The number of hydrogen-bond acceptors (Lipinski definition) is 4. The highest BCUT2D eigenvalue weighted by Crippen LogP contribution is 2.21. The fourth-order valence-corrected chi connectivity index (χ4v) is 2.97. The van der Waals surface area contributed by atoms with Crippen molar-refractivity contribution in [3.63, 3.8) is 0 Å². The van der Waals surface area contributed by atoms with Gasteiger partial charge in [0.2, 0.25) is 5.91 Å². The molecule has 3 aromatic carbocycles. The Morgan fingerprint density at radius 1 is 1.07 bits per heavy atom. The van der Waals surface area contributed by atoms with Gasteiger partial charge in [0, 0.05) is 18.2 Å². The van der Waals surface area contributed by atoms with Gasteiger partial charge in [0.05, 0.1) is 7.11 Å². The molecule has 0 unspecified atom stereocenters. The number of rotatable bonds is 6. The van der Waals surface area contributed by atoms with Gasteiger partial charge >= 0.3 is 0 Å². The largest absolute Gasteiger partial charge is 0.497 e. The SMILES string of the molecule is COc1ccc(/C=C/C(=O)Nc2ccc3oc(Cc4ccccc4)nc3c2)cc1. The predicted molar refractivity (Wildman–Crippen MR) is 114 cm³/mol. The lowest BCUT2D eigenvalue weighted by Gasteiger charge is -2.02. The first-order valence-electron chi connectivity index (χ1n) is 9.26. The molecule has 0 saturated heterocycles. The topological polar surface area (TPSA) is 64.4 Å². The van der Waals surface area contributed by atoms with Crippen molar-refractivity contribution in [1.82, 2.24) is 4.98 Å². The van der Waals surface area contributed by atoms with E-state index in [-0.39, 0.29) is 5.91 Å². The van der Waals surface area contributed by atoms with Gasteiger partial charge < -0.3 is 14.5 Å². The number of amides is 1. The quantitative estimate of drug-likeness (QED) is 0.471. The Morgan fingerprint density at radius 2 is 1.86 bits per heavy atom. The number of carbonyl (C=O) groups is 1. The molecule has 1 N–H and O–H groups in total. The van der Waals surface area contributed by atoms with Crippen molar-refractivity contribution >= 4 is 28.8 Å². The van der Waals surface area contributed by atoms with Gasteiger partial charge in [-0.2, -0.15) is 0 Å². The van der Waals surface area contributed by atoms with Gasteiger partial charge in [-0.3, -0.25) is 4.79 Å². The van der Waals surface area contributed by atoms with Crippen molar-refractivity contribution in [3.8, 4) is 5.75 Å². The Bertz CT molecular complexity index is 1150. The minimum Gasteiger partial charge on any atom is -0.497 e. The van der Waals surface area contributed by atoms with E-state index >= 15 is 0 Å². The van der Waals surface area contributed by atoms with E-state index < -0.39 is 0 Å². The fraction of sp³-hybridized carbons (Fsp3) is 0.0833. The third-order valence-corrected chi connectivity index (χ3v) is 4.44. The molecule has 0 atom stereocenters. The molecule has 1 aromatic heterocycles. The molecule has 144 valence electrons. The highest BCUT2D eigenvalue weighted by molar-refractivity contribution is 6.02. The first-order chi connectivity index (χ1) is 14.2. The molecule has 1 heterocycles. The van der Waals surface area contributed by atoms with Crippen LogP contribution in [0.4, 0.5) is 5.69 Å². The van der Waals surface area contributed by atoms with Crippen molar-refractivity contribution in [1.29, 1.82) is 0 Å². The van der Waals surface area contributed by atoms with Crippen LogP contribution >= 0.6 is 0 Å². The Morgan fingerprint density at radius 3 is 2.62 bits per heavy atom. The maximum atomic E-state index is 12.2. The maximum absolute atomic E-state index is 12.2. The van der Waals surface area contributed by atoms with Crippen LogP contribution in [0.1, 0.15) is 17.0 Å². The van der Waals surface area contributed by atoms with Crippen LogP contribution in [0, 0.1) is 0 Å². The molecule has 0 spiro atoms. The molecule has 29 heavy (non-hydrogen) atoms. The smallest absolute Gasteiger partial charge is 0.248 e. The second kappa shape index (κ2) is 8.44. The highest BCUT2D eigenvalue weighted by Gasteiger charge is 2.08. The summed E-state index contributed by atoms with van der Waals surface area (Å²) in [5.41, 5.74) is 4.13. The van der Waals surface area contributed by atoms with E-state index in [9.17, 15) is 4.79 Å². The zero-order chi connectivity index (χ0) is 20.1. The number of anilines is 1. The summed E-state index contributed by atoms with van der Waals surface area (Å²) < 4.78 is 10.9. The van der Waals surface area contributed by atoms with Gasteiger partial charge in [-0.05, 0) is 47.5 Å². The van der Waals surface area contributed by atoms with Gasteiger partial charge in [-0.15, -0.1) is 0 Å². The summed E-state index contributed by atoms with van der Waals surface area (Å²) in [6, 6.07) is 22.9. The first kappa shape index (κ1) is 18.5. The second-order valence-corrected chi connectivity index (χ2v) is 6.55. The molecule has 1 amide bonds. The molecule has 5 heteroatoms. The van der Waals surface area contributed by atoms with E-state index in [0.29, 0.717) is 29.1 Å². The van der Waals surface area contributed by atoms with Crippen LogP contribution in [0.15, 0.2) is 83.3 Å². The van der Waals surface area contributed by atoms with Crippen LogP contribution in [-0.2, 0) is 11.2 Å². The minimum atomic E-state index is -0.215. The van der Waals surface area contributed by atoms with Crippen molar-refractivity contribution in [2.75, 3.05) is 12.4 Å². The lowest BCUT2D eigenvalue weighted by Crippen LogP contribution is -2.07. The fourth-order valence-electron chi connectivity index (χ4n) is 2.97. The van der Waals surface area contributed by atoms with E-state index in [2.05, 4.69) is 10.3 Å². The summed E-state index contributed by atoms with van der Waals surface area (Å²) >= 11 is 0. The molecule has 0 saturated carbocycles. The van der Waals surface area contributed by atoms with Crippen molar-refractivity contribution in [3.05, 3.63) is 95.9 Å². The zero-order valence-corrected chi connectivity index (χ0v) is 16.0. The number of ether oxygens (including phenoxy) is 1. The zero-order valence-electron chi connectivity index (χ0n) is 16.0. The standard InChI is InChI=1S/C24H20N2O3/c1-28-20-11-7-17(8-12-20)9-14-23(27)25-19-10-13-22-21(16-19)26-24(29-22)15-18-5-3-2-4-6-18/h2-14,16H,15H2,1H3,(H,25,27)/b14-9+. The van der Waals surface area contributed by atoms with Gasteiger partial charge in [0.1, 0.15) is 11.3 Å². The Kier molecular flexibility index (Phi) is 5.38. The summed E-state index contributed by atoms with van der Waals surface area (Å²) in [5, 5.41) is 2.85. The average Bonchev–Trinajstić information content (AvgIpc) is 3.15. The predicted octanol–water partition coefficient (Wildman–Crippen LogP) is 5.08. The van der Waals surface area contributed by atoms with Crippen molar-refractivity contribution < 1.29 is 13.9 Å². The third-order valence-electron chi connectivity index (χ3n) is 4.44. The monoisotopic (exact) mass is 384 g/mol. The molecule has 4 aromatic rings. The molecule has 5 nitrogen and oxygen atoms in total. The molecule has 0 fully saturated rings. The van der Waals surface area contributed by atoms with Crippen molar-refractivity contribution in [2.45, 2.75) is 6.42 Å². The van der Waals surface area contributed by atoms with Crippen LogP contribution in [0.5, 0.6) is 5.75 Å². The average molecular weight is 384 g/mol. The van der Waals surface area contributed by atoms with Crippen molar-refractivity contribution in [2.24, 2.45) is 0 Å². The molecule has 0 aliphatic heterocycles. The molecular formula is C24H20N2O3. The summed E-state index contributed by atoms with van der Waals surface area (Å²) in [4.78, 5) is 16.8.